The molecule has 4 N–H and O–H groups in total. The first kappa shape index (κ1) is 16.5. The van der Waals surface area contributed by atoms with E-state index in [4.69, 9.17) is 5.73 Å². The van der Waals surface area contributed by atoms with Crippen molar-refractivity contribution in [3.05, 3.63) is 30.2 Å². The normalized spacial score (nSPS) is 12.2. The van der Waals surface area contributed by atoms with E-state index in [1.807, 2.05) is 0 Å². The molecule has 0 aliphatic heterocycles. The van der Waals surface area contributed by atoms with Gasteiger partial charge in [0.15, 0.2) is 0 Å². The van der Waals surface area contributed by atoms with E-state index >= 15 is 0 Å². The molecular formula is C15H19N5O3. The van der Waals surface area contributed by atoms with Gasteiger partial charge in [0, 0.05) is 30.6 Å². The molecule has 23 heavy (non-hydrogen) atoms. The van der Waals surface area contributed by atoms with E-state index in [1.54, 1.807) is 50.2 Å². The van der Waals surface area contributed by atoms with E-state index in [-0.39, 0.29) is 17.3 Å². The minimum absolute atomic E-state index is 0.0445. The molecule has 8 nitrogen and oxygen atoms in total. The Labute approximate surface area is 133 Å². The predicted octanol–water partition coefficient (Wildman–Crippen LogP) is 0.903. The lowest BCUT2D eigenvalue weighted by molar-refractivity contribution is -0.140. The van der Waals surface area contributed by atoms with Crippen molar-refractivity contribution >= 4 is 17.7 Å². The van der Waals surface area contributed by atoms with Crippen molar-refractivity contribution < 1.29 is 14.7 Å². The fourth-order valence-electron chi connectivity index (χ4n) is 2.12. The number of aliphatic carboxylic acids is 1. The molecule has 0 saturated carbocycles. The Morgan fingerprint density at radius 2 is 2.00 bits per heavy atom. The molecule has 8 heteroatoms. The minimum Gasteiger partial charge on any atom is -0.480 e. The van der Waals surface area contributed by atoms with Crippen molar-refractivity contribution in [2.45, 2.75) is 19.9 Å². The van der Waals surface area contributed by atoms with Gasteiger partial charge in [-0.2, -0.15) is 5.10 Å². The molecule has 0 spiro atoms. The molecule has 2 aromatic rings. The molecule has 1 atom stereocenters. The lowest BCUT2D eigenvalue weighted by Gasteiger charge is -2.18. The Balaban J connectivity index is 2.31. The number of anilines is 1. The Kier molecular flexibility index (Phi) is 4.63. The molecule has 0 aliphatic carbocycles. The van der Waals surface area contributed by atoms with Gasteiger partial charge in [-0.05, 0) is 12.0 Å². The SMILES string of the molecule is CC(C)[C@H](NC(=O)c1cc(-c2cnn(C)c2)cnc1N)C(=O)O. The molecule has 0 fully saturated rings. The summed E-state index contributed by atoms with van der Waals surface area (Å²) in [5.41, 5.74) is 7.36. The average Bonchev–Trinajstić information content (AvgIpc) is 2.90. The molecule has 0 bridgehead atoms. The zero-order valence-corrected chi connectivity index (χ0v) is 13.1. The molecular weight excluding hydrogens is 298 g/mol. The van der Waals surface area contributed by atoms with E-state index in [2.05, 4.69) is 15.4 Å². The molecule has 0 unspecified atom stereocenters. The lowest BCUT2D eigenvalue weighted by atomic mass is 10.0. The number of aromatic nitrogens is 3. The fourth-order valence-corrected chi connectivity index (χ4v) is 2.12. The number of carboxylic acid groups (broad SMARTS) is 1. The van der Waals surface area contributed by atoms with Crippen LogP contribution in [0.2, 0.25) is 0 Å². The van der Waals surface area contributed by atoms with Crippen molar-refractivity contribution in [3.8, 4) is 11.1 Å². The van der Waals surface area contributed by atoms with Crippen molar-refractivity contribution in [2.75, 3.05) is 5.73 Å². The summed E-state index contributed by atoms with van der Waals surface area (Å²) < 4.78 is 1.63. The number of carbonyl (C=O) groups is 2. The summed E-state index contributed by atoms with van der Waals surface area (Å²) in [5.74, 6) is -1.87. The van der Waals surface area contributed by atoms with Crippen LogP contribution in [0.5, 0.6) is 0 Å². The second-order valence-corrected chi connectivity index (χ2v) is 5.59. The van der Waals surface area contributed by atoms with Crippen LogP contribution in [0.4, 0.5) is 5.82 Å². The van der Waals surface area contributed by atoms with Crippen LogP contribution in [0, 0.1) is 5.92 Å². The number of hydrogen-bond acceptors (Lipinski definition) is 5. The Hall–Kier alpha value is -2.90. The molecule has 0 aliphatic rings. The third kappa shape index (κ3) is 3.65. The highest BCUT2D eigenvalue weighted by Crippen LogP contribution is 2.21. The maximum Gasteiger partial charge on any atom is 0.326 e. The van der Waals surface area contributed by atoms with Crippen LogP contribution in [0.3, 0.4) is 0 Å². The van der Waals surface area contributed by atoms with Gasteiger partial charge in [-0.15, -0.1) is 0 Å². The minimum atomic E-state index is -1.09. The first-order valence-corrected chi connectivity index (χ1v) is 7.07. The number of nitrogens with one attached hydrogen (secondary N) is 1. The number of rotatable bonds is 5. The van der Waals surface area contributed by atoms with E-state index in [9.17, 15) is 14.7 Å². The molecule has 2 aromatic heterocycles. The standard InChI is InChI=1S/C15H19N5O3/c1-8(2)12(15(22)23)19-14(21)11-4-9(5-17-13(11)16)10-6-18-20(3)7-10/h4-8,12H,1-3H3,(H2,16,17)(H,19,21)(H,22,23)/t12-/m0/s1. The summed E-state index contributed by atoms with van der Waals surface area (Å²) in [7, 11) is 1.78. The fraction of sp³-hybridized carbons (Fsp3) is 0.333. The molecule has 122 valence electrons. The average molecular weight is 317 g/mol. The number of amides is 1. The topological polar surface area (TPSA) is 123 Å². The van der Waals surface area contributed by atoms with Crippen LogP contribution in [-0.2, 0) is 11.8 Å². The van der Waals surface area contributed by atoms with Gasteiger partial charge >= 0.3 is 5.97 Å². The third-order valence-corrected chi connectivity index (χ3v) is 3.42. The summed E-state index contributed by atoms with van der Waals surface area (Å²) >= 11 is 0. The van der Waals surface area contributed by atoms with Crippen molar-refractivity contribution in [2.24, 2.45) is 13.0 Å². The van der Waals surface area contributed by atoms with Crippen LogP contribution in [0.25, 0.3) is 11.1 Å². The lowest BCUT2D eigenvalue weighted by Crippen LogP contribution is -2.44. The smallest absolute Gasteiger partial charge is 0.326 e. The van der Waals surface area contributed by atoms with Gasteiger partial charge in [0.25, 0.3) is 5.91 Å². The van der Waals surface area contributed by atoms with E-state index in [0.717, 1.165) is 5.56 Å². The maximum atomic E-state index is 12.4. The summed E-state index contributed by atoms with van der Waals surface area (Å²) in [4.78, 5) is 27.6. The maximum absolute atomic E-state index is 12.4. The van der Waals surface area contributed by atoms with Gasteiger partial charge in [0.1, 0.15) is 11.9 Å². The third-order valence-electron chi connectivity index (χ3n) is 3.42. The first-order chi connectivity index (χ1) is 10.8. The number of carbonyl (C=O) groups excluding carboxylic acids is 1. The van der Waals surface area contributed by atoms with E-state index in [0.29, 0.717) is 5.56 Å². The van der Waals surface area contributed by atoms with Gasteiger partial charge < -0.3 is 16.2 Å². The summed E-state index contributed by atoms with van der Waals surface area (Å²) in [6.07, 6.45) is 4.96. The summed E-state index contributed by atoms with van der Waals surface area (Å²) in [6, 6.07) is 0.581. The van der Waals surface area contributed by atoms with Crippen LogP contribution >= 0.6 is 0 Å². The molecule has 0 radical (unpaired) electrons. The van der Waals surface area contributed by atoms with Crippen molar-refractivity contribution in [3.63, 3.8) is 0 Å². The number of nitrogen functional groups attached to an aromatic ring is 1. The monoisotopic (exact) mass is 317 g/mol. The number of hydrogen-bond donors (Lipinski definition) is 3. The number of nitrogens with zero attached hydrogens (tertiary/aromatic N) is 3. The van der Waals surface area contributed by atoms with Gasteiger partial charge in [0.05, 0.1) is 11.8 Å². The van der Waals surface area contributed by atoms with Crippen molar-refractivity contribution in [1.29, 1.82) is 0 Å². The van der Waals surface area contributed by atoms with Crippen LogP contribution in [0.15, 0.2) is 24.7 Å². The zero-order chi connectivity index (χ0) is 17.1. The molecule has 1 amide bonds. The van der Waals surface area contributed by atoms with Gasteiger partial charge in [0.2, 0.25) is 0 Å². The van der Waals surface area contributed by atoms with E-state index < -0.39 is 17.9 Å². The number of carboxylic acids is 1. The quantitative estimate of drug-likeness (QED) is 0.753. The highest BCUT2D eigenvalue weighted by atomic mass is 16.4. The van der Waals surface area contributed by atoms with Crippen LogP contribution in [-0.4, -0.2) is 37.8 Å². The molecule has 0 saturated heterocycles. The first-order valence-electron chi connectivity index (χ1n) is 7.07. The highest BCUT2D eigenvalue weighted by molar-refractivity contribution is 6.01. The summed E-state index contributed by atoms with van der Waals surface area (Å²) in [5, 5.41) is 15.7. The van der Waals surface area contributed by atoms with Crippen LogP contribution in [0.1, 0.15) is 24.2 Å². The predicted molar refractivity (Wildman–Crippen MR) is 84.6 cm³/mol. The molecule has 0 aromatic carbocycles. The summed E-state index contributed by atoms with van der Waals surface area (Å²) in [6.45, 7) is 3.43. The van der Waals surface area contributed by atoms with Gasteiger partial charge in [-0.1, -0.05) is 13.8 Å². The van der Waals surface area contributed by atoms with Gasteiger partial charge in [-0.3, -0.25) is 9.48 Å². The van der Waals surface area contributed by atoms with Crippen LogP contribution < -0.4 is 11.1 Å². The largest absolute Gasteiger partial charge is 0.480 e. The number of aryl methyl sites for hydroxylation is 1. The van der Waals surface area contributed by atoms with Crippen molar-refractivity contribution in [1.82, 2.24) is 20.1 Å². The Bertz CT molecular complexity index is 738. The van der Waals surface area contributed by atoms with Gasteiger partial charge in [-0.25, -0.2) is 9.78 Å². The number of pyridine rings is 1. The second-order valence-electron chi connectivity index (χ2n) is 5.59. The van der Waals surface area contributed by atoms with E-state index in [1.165, 1.54) is 0 Å². The Morgan fingerprint density at radius 1 is 1.30 bits per heavy atom. The number of nitrogens with two attached hydrogens (primary N) is 1. The Morgan fingerprint density at radius 3 is 2.52 bits per heavy atom. The molecule has 2 rings (SSSR count). The zero-order valence-electron chi connectivity index (χ0n) is 13.1. The second kappa shape index (κ2) is 6.47. The highest BCUT2D eigenvalue weighted by Gasteiger charge is 2.25. The molecule has 2 heterocycles.